The number of aryl methyl sites for hydroxylation is 1. The molecule has 2 aromatic rings. The number of hydrogen-bond donors (Lipinski definition) is 1. The van der Waals surface area contributed by atoms with Crippen LogP contribution >= 0.6 is 0 Å². The molecule has 1 aromatic heterocycles. The third kappa shape index (κ3) is 4.57. The Labute approximate surface area is 133 Å². The number of hydrogen-bond acceptors (Lipinski definition) is 4. The molecular formula is C16H19N3O4. The Kier molecular flexibility index (Phi) is 5.35. The standard InChI is InChI=1S/C16H19N3O4/c1-12-5-3-4-6-13(12)23-10-9-18(2)15(21)11-19-8-7-14(20)17-16(19)22/h3-8H,9-11H2,1-2H3,(H,17,20,22). The second-order valence-electron chi connectivity index (χ2n) is 5.17. The molecule has 7 heteroatoms. The lowest BCUT2D eigenvalue weighted by atomic mass is 10.2. The molecule has 1 aromatic carbocycles. The number of carbonyl (C=O) groups excluding carboxylic acids is 1. The largest absolute Gasteiger partial charge is 0.491 e. The van der Waals surface area contributed by atoms with Crippen LogP contribution in [-0.2, 0) is 11.3 Å². The summed E-state index contributed by atoms with van der Waals surface area (Å²) in [5, 5.41) is 0. The highest BCUT2D eigenvalue weighted by atomic mass is 16.5. The molecular weight excluding hydrogens is 298 g/mol. The third-order valence-corrected chi connectivity index (χ3v) is 3.41. The Morgan fingerprint density at radius 2 is 2.00 bits per heavy atom. The van der Waals surface area contributed by atoms with Crippen molar-refractivity contribution in [2.75, 3.05) is 20.2 Å². The van der Waals surface area contributed by atoms with Crippen molar-refractivity contribution in [2.24, 2.45) is 0 Å². The molecule has 2 rings (SSSR count). The minimum Gasteiger partial charge on any atom is -0.491 e. The number of nitrogens with one attached hydrogen (secondary N) is 1. The van der Waals surface area contributed by atoms with Crippen LogP contribution in [-0.4, -0.2) is 40.6 Å². The molecule has 0 bridgehead atoms. The van der Waals surface area contributed by atoms with Gasteiger partial charge < -0.3 is 9.64 Å². The van der Waals surface area contributed by atoms with Crippen LogP contribution < -0.4 is 16.0 Å². The highest BCUT2D eigenvalue weighted by Gasteiger charge is 2.11. The maximum absolute atomic E-state index is 12.1. The van der Waals surface area contributed by atoms with Gasteiger partial charge in [-0.05, 0) is 18.6 Å². The number of rotatable bonds is 6. The number of likely N-dealkylation sites (N-methyl/N-ethyl adjacent to an activating group) is 1. The van der Waals surface area contributed by atoms with Gasteiger partial charge >= 0.3 is 5.69 Å². The number of carbonyl (C=O) groups is 1. The molecule has 0 saturated carbocycles. The number of benzene rings is 1. The maximum atomic E-state index is 12.1. The van der Waals surface area contributed by atoms with Crippen molar-refractivity contribution in [3.05, 3.63) is 62.9 Å². The Hall–Kier alpha value is -2.83. The van der Waals surface area contributed by atoms with Crippen molar-refractivity contribution in [1.29, 1.82) is 0 Å². The van der Waals surface area contributed by atoms with Crippen molar-refractivity contribution in [1.82, 2.24) is 14.5 Å². The van der Waals surface area contributed by atoms with Gasteiger partial charge in [0, 0.05) is 19.3 Å². The molecule has 0 radical (unpaired) electrons. The van der Waals surface area contributed by atoms with Crippen LogP contribution in [0.15, 0.2) is 46.1 Å². The number of para-hydroxylation sites is 1. The van der Waals surface area contributed by atoms with Gasteiger partial charge in [-0.3, -0.25) is 19.1 Å². The fourth-order valence-electron chi connectivity index (χ4n) is 1.97. The average Bonchev–Trinajstić information content (AvgIpc) is 2.51. The zero-order valence-electron chi connectivity index (χ0n) is 13.1. The molecule has 1 N–H and O–H groups in total. The predicted molar refractivity (Wildman–Crippen MR) is 85.6 cm³/mol. The highest BCUT2D eigenvalue weighted by Crippen LogP contribution is 2.15. The second kappa shape index (κ2) is 7.44. The third-order valence-electron chi connectivity index (χ3n) is 3.41. The fraction of sp³-hybridized carbons (Fsp3) is 0.312. The van der Waals surface area contributed by atoms with Gasteiger partial charge in [0.05, 0.1) is 6.54 Å². The van der Waals surface area contributed by atoms with Gasteiger partial charge in [0.2, 0.25) is 5.91 Å². The zero-order chi connectivity index (χ0) is 16.8. The Balaban J connectivity index is 1.86. The molecule has 0 fully saturated rings. The van der Waals surface area contributed by atoms with Gasteiger partial charge in [-0.15, -0.1) is 0 Å². The van der Waals surface area contributed by atoms with E-state index in [0.29, 0.717) is 13.2 Å². The SMILES string of the molecule is Cc1ccccc1OCCN(C)C(=O)Cn1ccc(=O)[nH]c1=O. The number of aromatic nitrogens is 2. The molecule has 0 aliphatic heterocycles. The van der Waals surface area contributed by atoms with Gasteiger partial charge in [0.1, 0.15) is 18.9 Å². The topological polar surface area (TPSA) is 84.4 Å². The lowest BCUT2D eigenvalue weighted by Crippen LogP contribution is -2.38. The van der Waals surface area contributed by atoms with Crippen LogP contribution in [0.4, 0.5) is 0 Å². The van der Waals surface area contributed by atoms with Crippen LogP contribution in [0.25, 0.3) is 0 Å². The van der Waals surface area contributed by atoms with E-state index in [4.69, 9.17) is 4.74 Å². The summed E-state index contributed by atoms with van der Waals surface area (Å²) in [5.41, 5.74) is -0.0598. The first kappa shape index (κ1) is 16.5. The Bertz CT molecular complexity index is 794. The van der Waals surface area contributed by atoms with Gasteiger partial charge in [-0.2, -0.15) is 0 Å². The zero-order valence-corrected chi connectivity index (χ0v) is 13.1. The lowest BCUT2D eigenvalue weighted by molar-refractivity contribution is -0.130. The summed E-state index contributed by atoms with van der Waals surface area (Å²) in [4.78, 5) is 38.2. The second-order valence-corrected chi connectivity index (χ2v) is 5.17. The number of aromatic amines is 1. The Morgan fingerprint density at radius 3 is 2.70 bits per heavy atom. The molecule has 0 unspecified atom stereocenters. The summed E-state index contributed by atoms with van der Waals surface area (Å²) in [6.45, 7) is 2.57. The molecule has 0 saturated heterocycles. The number of H-pyrrole nitrogens is 1. The van der Waals surface area contributed by atoms with E-state index in [1.807, 2.05) is 31.2 Å². The summed E-state index contributed by atoms with van der Waals surface area (Å²) in [5.74, 6) is 0.540. The summed E-state index contributed by atoms with van der Waals surface area (Å²) in [7, 11) is 1.64. The molecule has 0 atom stereocenters. The molecule has 7 nitrogen and oxygen atoms in total. The van der Waals surface area contributed by atoms with Crippen molar-refractivity contribution in [3.8, 4) is 5.75 Å². The van der Waals surface area contributed by atoms with Crippen LogP contribution in [0.3, 0.4) is 0 Å². The molecule has 1 amide bonds. The van der Waals surface area contributed by atoms with Crippen LogP contribution in [0.2, 0.25) is 0 Å². The molecule has 1 heterocycles. The lowest BCUT2D eigenvalue weighted by Gasteiger charge is -2.18. The van der Waals surface area contributed by atoms with Crippen molar-refractivity contribution in [3.63, 3.8) is 0 Å². The van der Waals surface area contributed by atoms with Crippen LogP contribution in [0.5, 0.6) is 5.75 Å². The van der Waals surface area contributed by atoms with E-state index in [-0.39, 0.29) is 12.5 Å². The van der Waals surface area contributed by atoms with E-state index in [1.54, 1.807) is 7.05 Å². The quantitative estimate of drug-likeness (QED) is 0.835. The summed E-state index contributed by atoms with van der Waals surface area (Å²) in [6, 6.07) is 8.85. The van der Waals surface area contributed by atoms with Gasteiger partial charge in [0.15, 0.2) is 0 Å². The minimum atomic E-state index is -0.601. The van der Waals surface area contributed by atoms with E-state index in [0.717, 1.165) is 15.9 Å². The van der Waals surface area contributed by atoms with Gasteiger partial charge in [-0.25, -0.2) is 4.79 Å². The van der Waals surface area contributed by atoms with E-state index < -0.39 is 11.2 Å². The van der Waals surface area contributed by atoms with E-state index >= 15 is 0 Å². The first-order valence-corrected chi connectivity index (χ1v) is 7.19. The van der Waals surface area contributed by atoms with Crippen LogP contribution in [0, 0.1) is 6.92 Å². The summed E-state index contributed by atoms with van der Waals surface area (Å²) < 4.78 is 6.79. The molecule has 0 aliphatic carbocycles. The summed E-state index contributed by atoms with van der Waals surface area (Å²) >= 11 is 0. The van der Waals surface area contributed by atoms with Gasteiger partial charge in [0.25, 0.3) is 5.56 Å². The summed E-state index contributed by atoms with van der Waals surface area (Å²) in [6.07, 6.45) is 1.30. The predicted octanol–water partition coefficient (Wildman–Crippen LogP) is 0.382. The van der Waals surface area contributed by atoms with Crippen molar-refractivity contribution >= 4 is 5.91 Å². The van der Waals surface area contributed by atoms with E-state index in [9.17, 15) is 14.4 Å². The normalized spacial score (nSPS) is 10.3. The smallest absolute Gasteiger partial charge is 0.328 e. The van der Waals surface area contributed by atoms with E-state index in [1.165, 1.54) is 17.2 Å². The average molecular weight is 317 g/mol. The molecule has 23 heavy (non-hydrogen) atoms. The minimum absolute atomic E-state index is 0.128. The molecule has 0 aliphatic rings. The fourth-order valence-corrected chi connectivity index (χ4v) is 1.97. The van der Waals surface area contributed by atoms with Gasteiger partial charge in [-0.1, -0.05) is 18.2 Å². The highest BCUT2D eigenvalue weighted by molar-refractivity contribution is 5.75. The monoisotopic (exact) mass is 317 g/mol. The number of amides is 1. The van der Waals surface area contributed by atoms with Crippen molar-refractivity contribution in [2.45, 2.75) is 13.5 Å². The maximum Gasteiger partial charge on any atom is 0.328 e. The van der Waals surface area contributed by atoms with E-state index in [2.05, 4.69) is 4.98 Å². The number of nitrogens with zero attached hydrogens (tertiary/aromatic N) is 2. The molecule has 122 valence electrons. The Morgan fingerprint density at radius 1 is 1.26 bits per heavy atom. The molecule has 0 spiro atoms. The number of ether oxygens (including phenoxy) is 1. The first-order valence-electron chi connectivity index (χ1n) is 7.19. The van der Waals surface area contributed by atoms with Crippen molar-refractivity contribution < 1.29 is 9.53 Å². The first-order chi connectivity index (χ1) is 11.0. The van der Waals surface area contributed by atoms with Crippen LogP contribution in [0.1, 0.15) is 5.56 Å².